The van der Waals surface area contributed by atoms with E-state index in [4.69, 9.17) is 10.7 Å². The Balaban J connectivity index is 1.43. The first-order valence-corrected chi connectivity index (χ1v) is 9.26. The molecule has 26 heavy (non-hydrogen) atoms. The average Bonchev–Trinajstić information content (AvgIpc) is 3.46. The zero-order chi connectivity index (χ0) is 18.3. The Labute approximate surface area is 154 Å². The van der Waals surface area contributed by atoms with Crippen LogP contribution >= 0.6 is 0 Å². The van der Waals surface area contributed by atoms with Crippen molar-refractivity contribution in [3.63, 3.8) is 0 Å². The highest BCUT2D eigenvalue weighted by Crippen LogP contribution is 2.40. The lowest BCUT2D eigenvalue weighted by molar-refractivity contribution is 0.0745. The minimum atomic E-state index is 0.0309. The van der Waals surface area contributed by atoms with E-state index in [9.17, 15) is 4.79 Å². The maximum absolute atomic E-state index is 12.8. The summed E-state index contributed by atoms with van der Waals surface area (Å²) in [6, 6.07) is 4.03. The van der Waals surface area contributed by atoms with Gasteiger partial charge in [-0.1, -0.05) is 6.07 Å². The maximum Gasteiger partial charge on any atom is 0.255 e. The highest BCUT2D eigenvalue weighted by molar-refractivity contribution is 5.95. The molecule has 2 aromatic rings. The van der Waals surface area contributed by atoms with Gasteiger partial charge in [-0.05, 0) is 55.4 Å². The summed E-state index contributed by atoms with van der Waals surface area (Å²) >= 11 is 0. The number of anilines is 2. The van der Waals surface area contributed by atoms with Gasteiger partial charge in [-0.2, -0.15) is 0 Å². The van der Waals surface area contributed by atoms with Gasteiger partial charge in [-0.15, -0.1) is 0 Å². The maximum atomic E-state index is 12.8. The molecule has 6 heteroatoms. The molecule has 4 rings (SSSR count). The molecule has 2 aliphatic rings. The minimum absolute atomic E-state index is 0.0309. The Morgan fingerprint density at radius 1 is 1.04 bits per heavy atom. The third kappa shape index (κ3) is 3.23. The van der Waals surface area contributed by atoms with E-state index >= 15 is 0 Å². The average molecular weight is 351 g/mol. The first kappa shape index (κ1) is 16.8. The third-order valence-electron chi connectivity index (χ3n) is 5.35. The molecule has 0 unspecified atom stereocenters. The van der Waals surface area contributed by atoms with E-state index < -0.39 is 0 Å². The molecule has 2 fully saturated rings. The minimum Gasteiger partial charge on any atom is -0.384 e. The van der Waals surface area contributed by atoms with Gasteiger partial charge in [-0.3, -0.25) is 4.79 Å². The Kier molecular flexibility index (Phi) is 4.26. The van der Waals surface area contributed by atoms with Gasteiger partial charge in [0.25, 0.3) is 5.91 Å². The van der Waals surface area contributed by atoms with Crippen molar-refractivity contribution in [1.82, 2.24) is 14.9 Å². The molecule has 1 amide bonds. The zero-order valence-corrected chi connectivity index (χ0v) is 15.4. The summed E-state index contributed by atoms with van der Waals surface area (Å²) in [4.78, 5) is 25.7. The number of piperazine rings is 1. The van der Waals surface area contributed by atoms with Gasteiger partial charge in [0, 0.05) is 38.6 Å². The lowest BCUT2D eigenvalue weighted by atomic mass is 10.1. The molecule has 136 valence electrons. The number of carbonyl (C=O) groups excluding carboxylic acids is 1. The predicted molar refractivity (Wildman–Crippen MR) is 102 cm³/mol. The monoisotopic (exact) mass is 351 g/mol. The topological polar surface area (TPSA) is 75.3 Å². The molecule has 2 N–H and O–H groups in total. The molecule has 0 spiro atoms. The quantitative estimate of drug-likeness (QED) is 0.920. The fraction of sp³-hybridized carbons (Fsp3) is 0.450. The van der Waals surface area contributed by atoms with E-state index in [0.717, 1.165) is 30.4 Å². The second kappa shape index (κ2) is 6.59. The Bertz CT molecular complexity index is 838. The lowest BCUT2D eigenvalue weighted by Crippen LogP contribution is -2.49. The second-order valence-corrected chi connectivity index (χ2v) is 7.39. The van der Waals surface area contributed by atoms with Gasteiger partial charge in [0.15, 0.2) is 0 Å². The SMILES string of the molecule is Cc1cc(N)ncc1C(=O)N1CCN(c2ncc(C3CC3)cc2C)CC1. The fourth-order valence-corrected chi connectivity index (χ4v) is 3.65. The number of nitrogens with two attached hydrogens (primary N) is 1. The first-order valence-electron chi connectivity index (χ1n) is 9.26. The van der Waals surface area contributed by atoms with E-state index in [1.165, 1.54) is 24.0 Å². The van der Waals surface area contributed by atoms with Gasteiger partial charge < -0.3 is 15.5 Å². The van der Waals surface area contributed by atoms with Crippen LogP contribution in [0.5, 0.6) is 0 Å². The van der Waals surface area contributed by atoms with Crippen LogP contribution in [-0.2, 0) is 0 Å². The van der Waals surface area contributed by atoms with Crippen LogP contribution in [0.25, 0.3) is 0 Å². The lowest BCUT2D eigenvalue weighted by Gasteiger charge is -2.36. The highest BCUT2D eigenvalue weighted by atomic mass is 16.2. The van der Waals surface area contributed by atoms with Crippen LogP contribution in [0.2, 0.25) is 0 Å². The van der Waals surface area contributed by atoms with E-state index in [1.54, 1.807) is 12.3 Å². The van der Waals surface area contributed by atoms with Gasteiger partial charge in [0.05, 0.1) is 5.56 Å². The van der Waals surface area contributed by atoms with Crippen LogP contribution in [0, 0.1) is 13.8 Å². The number of amides is 1. The van der Waals surface area contributed by atoms with E-state index in [-0.39, 0.29) is 5.91 Å². The number of aromatic nitrogens is 2. The normalized spacial score (nSPS) is 17.5. The third-order valence-corrected chi connectivity index (χ3v) is 5.35. The van der Waals surface area contributed by atoms with Gasteiger partial charge in [0.2, 0.25) is 0 Å². The molecule has 3 heterocycles. The van der Waals surface area contributed by atoms with Crippen molar-refractivity contribution < 1.29 is 4.79 Å². The number of hydrogen-bond donors (Lipinski definition) is 1. The van der Waals surface area contributed by atoms with Crippen molar-refractivity contribution >= 4 is 17.5 Å². The van der Waals surface area contributed by atoms with Crippen molar-refractivity contribution in [1.29, 1.82) is 0 Å². The summed E-state index contributed by atoms with van der Waals surface area (Å²) in [6.45, 7) is 7.00. The van der Waals surface area contributed by atoms with E-state index in [1.807, 2.05) is 18.0 Å². The molecule has 1 saturated heterocycles. The van der Waals surface area contributed by atoms with Crippen LogP contribution in [0.1, 0.15) is 45.8 Å². The van der Waals surface area contributed by atoms with Crippen molar-refractivity contribution in [3.8, 4) is 0 Å². The van der Waals surface area contributed by atoms with Crippen molar-refractivity contribution in [3.05, 3.63) is 46.8 Å². The number of hydrogen-bond acceptors (Lipinski definition) is 5. The first-order chi connectivity index (χ1) is 12.5. The number of nitrogen functional groups attached to an aromatic ring is 1. The molecule has 0 aromatic carbocycles. The molecule has 1 aliphatic carbocycles. The number of nitrogens with zero attached hydrogens (tertiary/aromatic N) is 4. The summed E-state index contributed by atoms with van der Waals surface area (Å²) in [5.41, 5.74) is 9.79. The predicted octanol–water partition coefficient (Wildman–Crippen LogP) is 2.52. The molecule has 1 saturated carbocycles. The summed E-state index contributed by atoms with van der Waals surface area (Å²) in [6.07, 6.45) is 6.20. The molecule has 0 bridgehead atoms. The smallest absolute Gasteiger partial charge is 0.255 e. The van der Waals surface area contributed by atoms with Crippen LogP contribution in [0.15, 0.2) is 24.5 Å². The van der Waals surface area contributed by atoms with Crippen molar-refractivity contribution in [2.75, 3.05) is 36.8 Å². The largest absolute Gasteiger partial charge is 0.384 e. The number of aryl methyl sites for hydroxylation is 2. The molecule has 6 nitrogen and oxygen atoms in total. The number of rotatable bonds is 3. The van der Waals surface area contributed by atoms with E-state index in [0.29, 0.717) is 24.5 Å². The molecular formula is C20H25N5O. The fourth-order valence-electron chi connectivity index (χ4n) is 3.65. The zero-order valence-electron chi connectivity index (χ0n) is 15.4. The molecular weight excluding hydrogens is 326 g/mol. The van der Waals surface area contributed by atoms with Crippen LogP contribution < -0.4 is 10.6 Å². The molecule has 0 atom stereocenters. The number of carbonyl (C=O) groups is 1. The standard InChI is InChI=1S/C20H25N5O/c1-13-10-18(21)22-12-17(13)20(26)25-7-5-24(6-8-25)19-14(2)9-16(11-23-19)15-3-4-15/h9-12,15H,3-8H2,1-2H3,(H2,21,22). The highest BCUT2D eigenvalue weighted by Gasteiger charge is 2.27. The van der Waals surface area contributed by atoms with Crippen LogP contribution in [-0.4, -0.2) is 47.0 Å². The Morgan fingerprint density at radius 2 is 1.77 bits per heavy atom. The number of pyridine rings is 2. The molecule has 2 aromatic heterocycles. The van der Waals surface area contributed by atoms with Crippen molar-refractivity contribution in [2.24, 2.45) is 0 Å². The second-order valence-electron chi connectivity index (χ2n) is 7.39. The van der Waals surface area contributed by atoms with Gasteiger partial charge >= 0.3 is 0 Å². The van der Waals surface area contributed by atoms with E-state index in [2.05, 4.69) is 22.9 Å². The summed E-state index contributed by atoms with van der Waals surface area (Å²) in [5, 5.41) is 0. The molecule has 1 aliphatic heterocycles. The van der Waals surface area contributed by atoms with Crippen molar-refractivity contribution in [2.45, 2.75) is 32.6 Å². The Morgan fingerprint density at radius 3 is 2.38 bits per heavy atom. The summed E-state index contributed by atoms with van der Waals surface area (Å²) in [7, 11) is 0. The summed E-state index contributed by atoms with van der Waals surface area (Å²) < 4.78 is 0. The summed E-state index contributed by atoms with van der Waals surface area (Å²) in [5.74, 6) is 2.25. The van der Waals surface area contributed by atoms with Crippen LogP contribution in [0.4, 0.5) is 11.6 Å². The van der Waals surface area contributed by atoms with Gasteiger partial charge in [0.1, 0.15) is 11.6 Å². The van der Waals surface area contributed by atoms with Gasteiger partial charge in [-0.25, -0.2) is 9.97 Å². The Hall–Kier alpha value is -2.63. The van der Waals surface area contributed by atoms with Crippen LogP contribution in [0.3, 0.4) is 0 Å². The molecule has 0 radical (unpaired) electrons.